The van der Waals surface area contributed by atoms with Crippen LogP contribution in [0.15, 0.2) is 36.0 Å². The van der Waals surface area contributed by atoms with Gasteiger partial charge >= 0.3 is 0 Å². The van der Waals surface area contributed by atoms with Crippen molar-refractivity contribution in [1.82, 2.24) is 0 Å². The van der Waals surface area contributed by atoms with Gasteiger partial charge in [0.05, 0.1) is 6.61 Å². The zero-order valence-electron chi connectivity index (χ0n) is 7.55. The molecule has 0 aliphatic carbocycles. The van der Waals surface area contributed by atoms with Gasteiger partial charge in [0.25, 0.3) is 0 Å². The Morgan fingerprint density at radius 2 is 2.18 bits per heavy atom. The van der Waals surface area contributed by atoms with Crippen LogP contribution in [-0.2, 0) is 4.74 Å². The summed E-state index contributed by atoms with van der Waals surface area (Å²) in [5.41, 5.74) is 2.43. The Kier molecular flexibility index (Phi) is 5.49. The summed E-state index contributed by atoms with van der Waals surface area (Å²) in [4.78, 5) is 0. The molecule has 0 unspecified atom stereocenters. The summed E-state index contributed by atoms with van der Waals surface area (Å²) in [6.45, 7) is 8.37. The monoisotopic (exact) mass is 152 g/mol. The Hall–Kier alpha value is -0.820. The summed E-state index contributed by atoms with van der Waals surface area (Å²) in [7, 11) is 1.70. The van der Waals surface area contributed by atoms with Crippen LogP contribution < -0.4 is 0 Å². The fraction of sp³-hybridized carbons (Fsp3) is 0.400. The minimum absolute atomic E-state index is 0.673. The molecule has 0 saturated carbocycles. The van der Waals surface area contributed by atoms with Crippen LogP contribution in [-0.4, -0.2) is 13.7 Å². The molecule has 0 bridgehead atoms. The van der Waals surface area contributed by atoms with E-state index in [0.29, 0.717) is 6.61 Å². The minimum atomic E-state index is 0.673. The third-order valence-electron chi connectivity index (χ3n) is 1.52. The first-order valence-corrected chi connectivity index (χ1v) is 3.70. The first-order chi connectivity index (χ1) is 5.26. The highest BCUT2D eigenvalue weighted by Crippen LogP contribution is 2.08. The highest BCUT2D eigenvalue weighted by molar-refractivity contribution is 5.31. The Morgan fingerprint density at radius 1 is 1.55 bits per heavy atom. The van der Waals surface area contributed by atoms with Crippen LogP contribution in [0.2, 0.25) is 0 Å². The van der Waals surface area contributed by atoms with Crippen molar-refractivity contribution in [2.45, 2.75) is 13.8 Å². The molecule has 0 aromatic carbocycles. The molecule has 0 spiro atoms. The van der Waals surface area contributed by atoms with Crippen molar-refractivity contribution in [3.05, 3.63) is 36.0 Å². The normalized spacial score (nSPS) is 13.4. The van der Waals surface area contributed by atoms with Gasteiger partial charge in [-0.2, -0.15) is 0 Å². The van der Waals surface area contributed by atoms with Crippen LogP contribution in [0, 0.1) is 0 Å². The first-order valence-electron chi connectivity index (χ1n) is 3.70. The first kappa shape index (κ1) is 10.2. The quantitative estimate of drug-likeness (QED) is 0.563. The molecule has 1 heteroatoms. The van der Waals surface area contributed by atoms with Crippen LogP contribution in [0.1, 0.15) is 13.8 Å². The number of rotatable bonds is 4. The summed E-state index contributed by atoms with van der Waals surface area (Å²) in [6, 6.07) is 0. The highest BCUT2D eigenvalue weighted by Gasteiger charge is 1.95. The van der Waals surface area contributed by atoms with Crippen molar-refractivity contribution in [3.63, 3.8) is 0 Å². The predicted molar refractivity (Wildman–Crippen MR) is 49.6 cm³/mol. The van der Waals surface area contributed by atoms with E-state index < -0.39 is 0 Å². The maximum atomic E-state index is 5.02. The minimum Gasteiger partial charge on any atom is -0.380 e. The second-order valence-electron chi connectivity index (χ2n) is 2.33. The van der Waals surface area contributed by atoms with Gasteiger partial charge in [0.15, 0.2) is 0 Å². The number of methoxy groups -OCH3 is 1. The molecule has 0 N–H and O–H groups in total. The molecule has 0 heterocycles. The van der Waals surface area contributed by atoms with E-state index in [1.165, 1.54) is 11.1 Å². The lowest BCUT2D eigenvalue weighted by atomic mass is 10.1. The molecule has 0 aromatic rings. The summed E-state index contributed by atoms with van der Waals surface area (Å²) in [5, 5.41) is 0. The smallest absolute Gasteiger partial charge is 0.0712 e. The average molecular weight is 152 g/mol. The van der Waals surface area contributed by atoms with Crippen molar-refractivity contribution >= 4 is 0 Å². The van der Waals surface area contributed by atoms with E-state index in [-0.39, 0.29) is 0 Å². The molecule has 0 saturated heterocycles. The highest BCUT2D eigenvalue weighted by atomic mass is 16.5. The maximum Gasteiger partial charge on any atom is 0.0712 e. The Balaban J connectivity index is 4.26. The van der Waals surface area contributed by atoms with Gasteiger partial charge in [-0.1, -0.05) is 24.8 Å². The lowest BCUT2D eigenvalue weighted by Gasteiger charge is -2.04. The van der Waals surface area contributed by atoms with Crippen LogP contribution >= 0.6 is 0 Å². The molecule has 0 rings (SSSR count). The summed E-state index contributed by atoms with van der Waals surface area (Å²) < 4.78 is 5.02. The SMILES string of the molecule is C=C/C=C(C)\C(=C/C)COC. The van der Waals surface area contributed by atoms with Gasteiger partial charge in [0, 0.05) is 7.11 Å². The van der Waals surface area contributed by atoms with Gasteiger partial charge in [-0.3, -0.25) is 0 Å². The standard InChI is InChI=1S/C10H16O/c1-5-7-9(3)10(6-2)8-11-4/h5-7H,1,8H2,2-4H3/b9-7-,10-6-. The van der Waals surface area contributed by atoms with E-state index in [4.69, 9.17) is 4.74 Å². The predicted octanol–water partition coefficient (Wildman–Crippen LogP) is 2.71. The summed E-state index contributed by atoms with van der Waals surface area (Å²) >= 11 is 0. The van der Waals surface area contributed by atoms with E-state index in [0.717, 1.165) is 0 Å². The number of hydrogen-bond acceptors (Lipinski definition) is 1. The third kappa shape index (κ3) is 3.79. The molecule has 11 heavy (non-hydrogen) atoms. The van der Waals surface area contributed by atoms with Crippen molar-refractivity contribution in [3.8, 4) is 0 Å². The molecule has 1 nitrogen and oxygen atoms in total. The summed E-state index contributed by atoms with van der Waals surface area (Å²) in [6.07, 6.45) is 5.82. The van der Waals surface area contributed by atoms with Gasteiger partial charge in [-0.15, -0.1) is 0 Å². The fourth-order valence-electron chi connectivity index (χ4n) is 0.864. The lowest BCUT2D eigenvalue weighted by molar-refractivity contribution is 0.227. The average Bonchev–Trinajstić information content (AvgIpc) is 2.00. The van der Waals surface area contributed by atoms with Gasteiger partial charge < -0.3 is 4.74 Å². The Labute approximate surface area is 69.1 Å². The molecule has 0 radical (unpaired) electrons. The van der Waals surface area contributed by atoms with Crippen LogP contribution in [0.5, 0.6) is 0 Å². The van der Waals surface area contributed by atoms with Gasteiger partial charge in [-0.25, -0.2) is 0 Å². The Morgan fingerprint density at radius 3 is 2.55 bits per heavy atom. The van der Waals surface area contributed by atoms with Crippen molar-refractivity contribution in [2.24, 2.45) is 0 Å². The molecule has 0 atom stereocenters. The van der Waals surface area contributed by atoms with Crippen molar-refractivity contribution in [2.75, 3.05) is 13.7 Å². The van der Waals surface area contributed by atoms with E-state index in [9.17, 15) is 0 Å². The second kappa shape index (κ2) is 5.93. The van der Waals surface area contributed by atoms with Crippen molar-refractivity contribution < 1.29 is 4.74 Å². The lowest BCUT2D eigenvalue weighted by Crippen LogP contribution is -1.94. The second-order valence-corrected chi connectivity index (χ2v) is 2.33. The topological polar surface area (TPSA) is 9.23 Å². The number of hydrogen-bond donors (Lipinski definition) is 0. The van der Waals surface area contributed by atoms with Gasteiger partial charge in [0.2, 0.25) is 0 Å². The molecule has 0 aromatic heterocycles. The summed E-state index contributed by atoms with van der Waals surface area (Å²) in [5.74, 6) is 0. The molecule has 0 aliphatic heterocycles. The van der Waals surface area contributed by atoms with Crippen LogP contribution in [0.25, 0.3) is 0 Å². The largest absolute Gasteiger partial charge is 0.380 e. The molecular weight excluding hydrogens is 136 g/mol. The molecule has 0 amide bonds. The Bertz CT molecular complexity index is 175. The van der Waals surface area contributed by atoms with E-state index >= 15 is 0 Å². The van der Waals surface area contributed by atoms with E-state index in [2.05, 4.69) is 19.6 Å². The van der Waals surface area contributed by atoms with Crippen LogP contribution in [0.4, 0.5) is 0 Å². The zero-order chi connectivity index (χ0) is 8.69. The van der Waals surface area contributed by atoms with E-state index in [1.807, 2.05) is 13.0 Å². The van der Waals surface area contributed by atoms with Gasteiger partial charge in [0.1, 0.15) is 0 Å². The molecule has 0 aliphatic rings. The fourth-order valence-corrected chi connectivity index (χ4v) is 0.864. The number of ether oxygens (including phenoxy) is 1. The zero-order valence-corrected chi connectivity index (χ0v) is 7.55. The third-order valence-corrected chi connectivity index (χ3v) is 1.52. The number of allylic oxidation sites excluding steroid dienone is 3. The molecule has 0 fully saturated rings. The molecular formula is C10H16O. The van der Waals surface area contributed by atoms with Gasteiger partial charge in [-0.05, 0) is 25.0 Å². The van der Waals surface area contributed by atoms with Crippen molar-refractivity contribution in [1.29, 1.82) is 0 Å². The van der Waals surface area contributed by atoms with Crippen LogP contribution in [0.3, 0.4) is 0 Å². The van der Waals surface area contributed by atoms with E-state index in [1.54, 1.807) is 13.2 Å². The molecule has 62 valence electrons. The maximum absolute atomic E-state index is 5.02.